The highest BCUT2D eigenvalue weighted by Crippen LogP contribution is 2.24. The second-order valence-electron chi connectivity index (χ2n) is 20.0. The maximum Gasteiger partial charge on any atom is 0.305 e. The Kier molecular flexibility index (Phi) is 48.0. The number of carbonyl (C=O) groups is 3. The third kappa shape index (κ3) is 40.6. The molecule has 0 spiro atoms. The average Bonchev–Trinajstić information content (AvgIpc) is 3.29. The lowest BCUT2D eigenvalue weighted by atomic mass is 9.95. The highest BCUT2D eigenvalue weighted by Gasteiger charge is 2.23. The molecule has 0 bridgehead atoms. The van der Waals surface area contributed by atoms with Gasteiger partial charge >= 0.3 is 11.9 Å². The molecule has 0 aromatic carbocycles. The molecule has 7 nitrogen and oxygen atoms in total. The summed E-state index contributed by atoms with van der Waals surface area (Å²) in [6, 6.07) is 0.199. The van der Waals surface area contributed by atoms with E-state index in [-0.39, 0.29) is 18.0 Å². The SMILES string of the molecule is CCCCCCCCC(CCCCCC)COC(=O)CCCCCC(CCCCCC(=O)OCC(CCCCCC)CCCCCCCC)N(CCCNC)C(=O)CCCCCCC. The summed E-state index contributed by atoms with van der Waals surface area (Å²) in [5.41, 5.74) is 0. The van der Waals surface area contributed by atoms with Gasteiger partial charge in [-0.25, -0.2) is 0 Å². The molecule has 0 aromatic rings. The van der Waals surface area contributed by atoms with Gasteiger partial charge < -0.3 is 19.7 Å². The molecule has 0 aliphatic rings. The lowest BCUT2D eigenvalue weighted by molar-refractivity contribution is -0.146. The van der Waals surface area contributed by atoms with Crippen molar-refractivity contribution in [3.8, 4) is 0 Å². The number of nitrogens with one attached hydrogen (secondary N) is 1. The molecular formula is C57H112N2O5. The van der Waals surface area contributed by atoms with Gasteiger partial charge in [0.05, 0.1) is 13.2 Å². The third-order valence-electron chi connectivity index (χ3n) is 13.7. The van der Waals surface area contributed by atoms with Crippen molar-refractivity contribution in [1.29, 1.82) is 0 Å². The van der Waals surface area contributed by atoms with Gasteiger partial charge in [0.2, 0.25) is 5.91 Å². The number of hydrogen-bond donors (Lipinski definition) is 1. The Morgan fingerprint density at radius 2 is 0.703 bits per heavy atom. The van der Waals surface area contributed by atoms with Crippen LogP contribution >= 0.6 is 0 Å². The van der Waals surface area contributed by atoms with E-state index in [0.717, 1.165) is 83.7 Å². The highest BCUT2D eigenvalue weighted by atomic mass is 16.5. The number of amides is 1. The Bertz CT molecular complexity index is 948. The number of nitrogens with zero attached hydrogens (tertiary/aromatic N) is 1. The zero-order chi connectivity index (χ0) is 47.0. The van der Waals surface area contributed by atoms with Gasteiger partial charge in [-0.15, -0.1) is 0 Å². The molecule has 7 heteroatoms. The van der Waals surface area contributed by atoms with Crippen LogP contribution in [0, 0.1) is 11.8 Å². The van der Waals surface area contributed by atoms with E-state index in [1.54, 1.807) is 0 Å². The van der Waals surface area contributed by atoms with Crippen molar-refractivity contribution in [3.05, 3.63) is 0 Å². The predicted octanol–water partition coefficient (Wildman–Crippen LogP) is 16.8. The van der Waals surface area contributed by atoms with Crippen LogP contribution in [0.4, 0.5) is 0 Å². The van der Waals surface area contributed by atoms with Crippen molar-refractivity contribution in [2.45, 2.75) is 304 Å². The summed E-state index contributed by atoms with van der Waals surface area (Å²) < 4.78 is 11.8. The predicted molar refractivity (Wildman–Crippen MR) is 276 cm³/mol. The van der Waals surface area contributed by atoms with Crippen molar-refractivity contribution in [3.63, 3.8) is 0 Å². The van der Waals surface area contributed by atoms with Crippen molar-refractivity contribution in [1.82, 2.24) is 10.2 Å². The number of rotatable bonds is 51. The zero-order valence-electron chi connectivity index (χ0n) is 44.0. The molecule has 2 unspecified atom stereocenters. The Balaban J connectivity index is 5.21. The van der Waals surface area contributed by atoms with Crippen LogP contribution in [0.25, 0.3) is 0 Å². The van der Waals surface area contributed by atoms with Crippen LogP contribution in [0.5, 0.6) is 0 Å². The maximum atomic E-state index is 13.9. The van der Waals surface area contributed by atoms with Gasteiger partial charge in [-0.2, -0.15) is 0 Å². The number of unbranched alkanes of at least 4 members (excludes halogenated alkanes) is 24. The monoisotopic (exact) mass is 905 g/mol. The summed E-state index contributed by atoms with van der Waals surface area (Å²) in [5.74, 6) is 1.22. The van der Waals surface area contributed by atoms with Gasteiger partial charge in [-0.1, -0.05) is 214 Å². The van der Waals surface area contributed by atoms with E-state index in [1.165, 1.54) is 173 Å². The molecule has 64 heavy (non-hydrogen) atoms. The van der Waals surface area contributed by atoms with Gasteiger partial charge in [0.25, 0.3) is 0 Å². The van der Waals surface area contributed by atoms with E-state index in [2.05, 4.69) is 44.8 Å². The van der Waals surface area contributed by atoms with E-state index >= 15 is 0 Å². The first-order valence-electron chi connectivity index (χ1n) is 28.6. The Morgan fingerprint density at radius 3 is 1.09 bits per heavy atom. The topological polar surface area (TPSA) is 84.9 Å². The summed E-state index contributed by atoms with van der Waals surface area (Å²) in [4.78, 5) is 41.9. The fourth-order valence-corrected chi connectivity index (χ4v) is 9.40. The molecule has 0 radical (unpaired) electrons. The molecule has 0 rings (SSSR count). The van der Waals surface area contributed by atoms with Crippen LogP contribution in [0.15, 0.2) is 0 Å². The smallest absolute Gasteiger partial charge is 0.305 e. The normalized spacial score (nSPS) is 12.9. The molecule has 0 saturated heterocycles. The largest absolute Gasteiger partial charge is 0.465 e. The third-order valence-corrected chi connectivity index (χ3v) is 13.7. The molecule has 1 amide bonds. The minimum Gasteiger partial charge on any atom is -0.465 e. The summed E-state index contributed by atoms with van der Waals surface area (Å²) in [5, 5.41) is 3.28. The van der Waals surface area contributed by atoms with E-state index in [0.29, 0.717) is 50.2 Å². The Morgan fingerprint density at radius 1 is 0.391 bits per heavy atom. The molecule has 380 valence electrons. The molecule has 0 aliphatic carbocycles. The molecule has 1 N–H and O–H groups in total. The first-order chi connectivity index (χ1) is 31.4. The fraction of sp³-hybridized carbons (Fsp3) is 0.947. The Hall–Kier alpha value is -1.63. The minimum absolute atomic E-state index is 0.0381. The van der Waals surface area contributed by atoms with Crippen LogP contribution in [0.3, 0.4) is 0 Å². The quantitative estimate of drug-likeness (QED) is 0.0483. The van der Waals surface area contributed by atoms with Crippen LogP contribution in [0.2, 0.25) is 0 Å². The average molecular weight is 906 g/mol. The molecule has 2 atom stereocenters. The second kappa shape index (κ2) is 49.3. The molecule has 0 aliphatic heterocycles. The standard InChI is InChI=1S/C57H112N2O5/c1-7-12-17-22-25-31-41-52(39-29-20-15-10-4)50-63-56(61)46-36-27-33-43-54(59(49-38-48-58-6)55(60)45-35-24-19-14-9-3)44-34-28-37-47-57(62)64-51-53(40-30-21-16-11-5)42-32-26-23-18-13-8-2/h52-54,58H,7-51H2,1-6H3. The van der Waals surface area contributed by atoms with E-state index in [1.807, 2.05) is 7.05 Å². The lowest BCUT2D eigenvalue weighted by Crippen LogP contribution is -2.41. The van der Waals surface area contributed by atoms with E-state index < -0.39 is 0 Å². The molecule has 0 saturated carbocycles. The van der Waals surface area contributed by atoms with Crippen molar-refractivity contribution in [2.24, 2.45) is 11.8 Å². The van der Waals surface area contributed by atoms with Gasteiger partial charge in [-0.3, -0.25) is 14.4 Å². The number of carbonyl (C=O) groups excluding carboxylic acids is 3. The van der Waals surface area contributed by atoms with Gasteiger partial charge in [0, 0.05) is 31.8 Å². The van der Waals surface area contributed by atoms with Crippen LogP contribution in [-0.2, 0) is 23.9 Å². The molecular weight excluding hydrogens is 793 g/mol. The van der Waals surface area contributed by atoms with Crippen LogP contribution in [0.1, 0.15) is 298 Å². The van der Waals surface area contributed by atoms with Gasteiger partial charge in [-0.05, 0) is 89.6 Å². The van der Waals surface area contributed by atoms with E-state index in [9.17, 15) is 14.4 Å². The Labute approximate surface area is 399 Å². The number of esters is 2. The number of ether oxygens (including phenoxy) is 2. The van der Waals surface area contributed by atoms with Crippen LogP contribution < -0.4 is 5.32 Å². The number of hydrogen-bond acceptors (Lipinski definition) is 6. The van der Waals surface area contributed by atoms with Gasteiger partial charge in [0.15, 0.2) is 0 Å². The second-order valence-corrected chi connectivity index (χ2v) is 20.0. The van der Waals surface area contributed by atoms with Crippen LogP contribution in [-0.4, -0.2) is 62.1 Å². The zero-order valence-corrected chi connectivity index (χ0v) is 44.0. The van der Waals surface area contributed by atoms with Crippen molar-refractivity contribution < 1.29 is 23.9 Å². The highest BCUT2D eigenvalue weighted by molar-refractivity contribution is 5.76. The summed E-state index contributed by atoms with van der Waals surface area (Å²) in [6.07, 6.45) is 46.4. The summed E-state index contributed by atoms with van der Waals surface area (Å²) >= 11 is 0. The first kappa shape index (κ1) is 62.4. The summed E-state index contributed by atoms with van der Waals surface area (Å²) in [6.45, 7) is 14.2. The molecule has 0 heterocycles. The van der Waals surface area contributed by atoms with Crippen molar-refractivity contribution in [2.75, 3.05) is 33.4 Å². The molecule has 0 fully saturated rings. The summed E-state index contributed by atoms with van der Waals surface area (Å²) in [7, 11) is 1.99. The molecule has 0 aromatic heterocycles. The lowest BCUT2D eigenvalue weighted by Gasteiger charge is -2.33. The maximum absolute atomic E-state index is 13.9. The first-order valence-corrected chi connectivity index (χ1v) is 28.6. The van der Waals surface area contributed by atoms with E-state index in [4.69, 9.17) is 9.47 Å². The minimum atomic E-state index is -0.0381. The van der Waals surface area contributed by atoms with Gasteiger partial charge in [0.1, 0.15) is 0 Å². The van der Waals surface area contributed by atoms with Crippen molar-refractivity contribution >= 4 is 17.8 Å². The fourth-order valence-electron chi connectivity index (χ4n) is 9.40.